The van der Waals surface area contributed by atoms with E-state index in [0.29, 0.717) is 27.8 Å². The molecule has 9 aromatic rings. The molecule has 0 saturated carbocycles. The molecule has 0 radical (unpaired) electrons. The van der Waals surface area contributed by atoms with E-state index < -0.39 is 24.2 Å². The van der Waals surface area contributed by atoms with Gasteiger partial charge in [0.05, 0.1) is 17.2 Å². The fourth-order valence-corrected chi connectivity index (χ4v) is 6.18. The molecule has 0 bridgehead atoms. The van der Waals surface area contributed by atoms with Gasteiger partial charge in [-0.2, -0.15) is 0 Å². The Bertz CT molecular complexity index is 2810. The first-order valence-corrected chi connectivity index (χ1v) is 13.6. The monoisotopic (exact) mass is 544 g/mol. The zero-order chi connectivity index (χ0) is 34.6. The molecule has 7 aromatic carbocycles. The molecule has 2 heterocycles. The van der Waals surface area contributed by atoms with Gasteiger partial charge in [-0.3, -0.25) is 0 Å². The second-order valence-corrected chi connectivity index (χ2v) is 10.3. The van der Waals surface area contributed by atoms with Crippen molar-refractivity contribution in [3.63, 3.8) is 0 Å². The fourth-order valence-electron chi connectivity index (χ4n) is 6.18. The summed E-state index contributed by atoms with van der Waals surface area (Å²) in [6.07, 6.45) is 1.70. The lowest BCUT2D eigenvalue weighted by atomic mass is 9.85. The van der Waals surface area contributed by atoms with Gasteiger partial charge in [0.25, 0.3) is 0 Å². The van der Waals surface area contributed by atoms with Crippen LogP contribution in [-0.4, -0.2) is 0 Å². The Hall–Kier alpha value is -5.60. The van der Waals surface area contributed by atoms with E-state index in [4.69, 9.17) is 19.8 Å². The summed E-state index contributed by atoms with van der Waals surface area (Å²) in [5.41, 5.74) is 5.60. The summed E-state index contributed by atoms with van der Waals surface area (Å²) >= 11 is 0. The molecular formula is C40H24O2. The van der Waals surface area contributed by atoms with Crippen LogP contribution in [0.25, 0.3) is 87.8 Å². The second kappa shape index (κ2) is 8.95. The summed E-state index contributed by atoms with van der Waals surface area (Å²) in [5.74, 6) is 0. The zero-order valence-electron chi connectivity index (χ0n) is 30.1. The zero-order valence-corrected chi connectivity index (χ0v) is 22.1. The third kappa shape index (κ3) is 3.33. The first-order chi connectivity index (χ1) is 24.2. The molecule has 0 amide bonds. The van der Waals surface area contributed by atoms with Gasteiger partial charge in [-0.25, -0.2) is 0 Å². The Balaban J connectivity index is 1.38. The largest absolute Gasteiger partial charge is 0.464 e. The van der Waals surface area contributed by atoms with Crippen LogP contribution >= 0.6 is 0 Å². The van der Waals surface area contributed by atoms with Crippen LogP contribution in [0.4, 0.5) is 0 Å². The van der Waals surface area contributed by atoms with Crippen molar-refractivity contribution >= 4 is 54.5 Å². The van der Waals surface area contributed by atoms with Gasteiger partial charge in [-0.1, -0.05) is 121 Å². The van der Waals surface area contributed by atoms with Gasteiger partial charge in [-0.05, 0) is 67.6 Å². The van der Waals surface area contributed by atoms with E-state index in [9.17, 15) is 0 Å². The Kier molecular flexibility index (Phi) is 3.54. The minimum absolute atomic E-state index is 0.181. The van der Waals surface area contributed by atoms with E-state index in [-0.39, 0.29) is 45.7 Å². The van der Waals surface area contributed by atoms with E-state index in [1.165, 1.54) is 0 Å². The summed E-state index contributed by atoms with van der Waals surface area (Å²) in [5, 5.41) is 3.54. The highest BCUT2D eigenvalue weighted by atomic mass is 16.3. The Morgan fingerprint density at radius 2 is 0.976 bits per heavy atom. The highest BCUT2D eigenvalue weighted by Crippen LogP contribution is 2.45. The minimum atomic E-state index is -0.430. The SMILES string of the molecule is [2H]c1c([2H])c([2H])c2c(-c3ccc(-c4coc5ccc6oc7ccccc7c6c45)cc3)c3c([2H])c([2H])c([2H])c([2H])c3c(-c3ccccc3)c2c1[2H]. The van der Waals surface area contributed by atoms with Crippen molar-refractivity contribution in [1.29, 1.82) is 0 Å². The lowest BCUT2D eigenvalue weighted by molar-refractivity contribution is 0.616. The van der Waals surface area contributed by atoms with Crippen molar-refractivity contribution in [3.05, 3.63) is 146 Å². The summed E-state index contributed by atoms with van der Waals surface area (Å²) in [6, 6.07) is 25.1. The Morgan fingerprint density at radius 1 is 0.429 bits per heavy atom. The van der Waals surface area contributed by atoms with Crippen LogP contribution in [0, 0.1) is 0 Å². The summed E-state index contributed by atoms with van der Waals surface area (Å²) in [6.45, 7) is 0. The van der Waals surface area contributed by atoms with Gasteiger partial charge in [-0.15, -0.1) is 0 Å². The van der Waals surface area contributed by atoms with Gasteiger partial charge in [0.2, 0.25) is 0 Å². The molecule has 0 N–H and O–H groups in total. The third-order valence-electron chi connectivity index (χ3n) is 8.00. The van der Waals surface area contributed by atoms with Crippen LogP contribution in [0.5, 0.6) is 0 Å². The first kappa shape index (κ1) is 16.6. The molecular weight excluding hydrogens is 512 g/mol. The molecule has 2 aromatic heterocycles. The molecule has 0 unspecified atom stereocenters. The van der Waals surface area contributed by atoms with E-state index in [1.807, 2.05) is 66.7 Å². The van der Waals surface area contributed by atoms with Gasteiger partial charge in [0.1, 0.15) is 16.7 Å². The van der Waals surface area contributed by atoms with Crippen molar-refractivity contribution < 1.29 is 19.8 Å². The van der Waals surface area contributed by atoms with Crippen molar-refractivity contribution in [2.75, 3.05) is 0 Å². The highest BCUT2D eigenvalue weighted by molar-refractivity contribution is 6.23. The Labute approximate surface area is 253 Å². The second-order valence-electron chi connectivity index (χ2n) is 10.3. The van der Waals surface area contributed by atoms with Crippen LogP contribution in [-0.2, 0) is 0 Å². The first-order valence-electron chi connectivity index (χ1n) is 17.6. The number of hydrogen-bond donors (Lipinski definition) is 0. The van der Waals surface area contributed by atoms with Gasteiger partial charge >= 0.3 is 0 Å². The molecule has 0 saturated heterocycles. The van der Waals surface area contributed by atoms with Crippen LogP contribution in [0.1, 0.15) is 11.0 Å². The van der Waals surface area contributed by atoms with Crippen molar-refractivity contribution in [3.8, 4) is 33.4 Å². The van der Waals surface area contributed by atoms with Crippen LogP contribution in [0.3, 0.4) is 0 Å². The molecule has 0 atom stereocenters. The molecule has 196 valence electrons. The van der Waals surface area contributed by atoms with Gasteiger partial charge < -0.3 is 8.83 Å². The number of hydrogen-bond acceptors (Lipinski definition) is 2. The number of fused-ring (bicyclic) bond motifs is 7. The summed E-state index contributed by atoms with van der Waals surface area (Å²) in [4.78, 5) is 0. The minimum Gasteiger partial charge on any atom is -0.464 e. The lowest BCUT2D eigenvalue weighted by Gasteiger charge is -2.17. The molecule has 0 spiro atoms. The normalized spacial score (nSPS) is 14.5. The smallest absolute Gasteiger partial charge is 0.136 e. The van der Waals surface area contributed by atoms with Crippen LogP contribution < -0.4 is 0 Å². The van der Waals surface area contributed by atoms with Gasteiger partial charge in [0, 0.05) is 21.7 Å². The predicted molar refractivity (Wildman–Crippen MR) is 175 cm³/mol. The molecule has 0 fully saturated rings. The number of benzene rings is 7. The average molecular weight is 545 g/mol. The van der Waals surface area contributed by atoms with Gasteiger partial charge in [0.15, 0.2) is 0 Å². The fraction of sp³-hybridized carbons (Fsp3) is 0. The Morgan fingerprint density at radius 3 is 1.64 bits per heavy atom. The van der Waals surface area contributed by atoms with Crippen molar-refractivity contribution in [2.45, 2.75) is 0 Å². The average Bonchev–Trinajstić information content (AvgIpc) is 3.75. The summed E-state index contributed by atoms with van der Waals surface area (Å²) < 4.78 is 83.0. The predicted octanol–water partition coefficient (Wildman–Crippen LogP) is 11.6. The molecule has 0 aliphatic carbocycles. The van der Waals surface area contributed by atoms with E-state index >= 15 is 0 Å². The maximum absolute atomic E-state index is 9.14. The van der Waals surface area contributed by atoms with E-state index in [2.05, 4.69) is 0 Å². The number of para-hydroxylation sites is 1. The quantitative estimate of drug-likeness (QED) is 0.207. The third-order valence-corrected chi connectivity index (χ3v) is 8.00. The van der Waals surface area contributed by atoms with Crippen molar-refractivity contribution in [1.82, 2.24) is 0 Å². The topological polar surface area (TPSA) is 26.3 Å². The van der Waals surface area contributed by atoms with Crippen LogP contribution in [0.2, 0.25) is 0 Å². The molecule has 42 heavy (non-hydrogen) atoms. The van der Waals surface area contributed by atoms with E-state index in [1.54, 1.807) is 30.5 Å². The lowest BCUT2D eigenvalue weighted by Crippen LogP contribution is -1.90. The molecule has 0 aliphatic rings. The highest BCUT2D eigenvalue weighted by Gasteiger charge is 2.19. The number of furan rings is 2. The maximum atomic E-state index is 9.14. The maximum Gasteiger partial charge on any atom is 0.136 e. The molecule has 0 aliphatic heterocycles. The number of rotatable bonds is 3. The standard InChI is InChI=1S/C40H24O2/c1-2-10-26(11-3-1)37-28-12-4-6-14-30(28)38(31-15-7-5-13-29(31)37)27-20-18-25(19-21-27)33-24-41-35-22-23-36-39(40(33)35)32-16-8-9-17-34(32)42-36/h1-24H/i4D,5D,6D,7D,12D,13D,14D,15D. The van der Waals surface area contributed by atoms with Crippen LogP contribution in [0.15, 0.2) is 154 Å². The van der Waals surface area contributed by atoms with E-state index in [0.717, 1.165) is 38.5 Å². The molecule has 2 nitrogen and oxygen atoms in total. The molecule has 9 rings (SSSR count). The summed E-state index contributed by atoms with van der Waals surface area (Å²) in [7, 11) is 0. The molecule has 2 heteroatoms. The van der Waals surface area contributed by atoms with Crippen molar-refractivity contribution in [2.24, 2.45) is 0 Å².